The number of piperazine rings is 1. The van der Waals surface area contributed by atoms with Gasteiger partial charge in [-0.05, 0) is 39.1 Å². The highest BCUT2D eigenvalue weighted by atomic mass is 127. The average Bonchev–Trinajstić information content (AvgIpc) is 2.56. The van der Waals surface area contributed by atoms with Gasteiger partial charge in [0.2, 0.25) is 0 Å². The lowest BCUT2D eigenvalue weighted by Gasteiger charge is -2.37. The second kappa shape index (κ2) is 11.0. The van der Waals surface area contributed by atoms with Crippen LogP contribution in [-0.4, -0.2) is 80.6 Å². The van der Waals surface area contributed by atoms with Gasteiger partial charge in [0.05, 0.1) is 6.54 Å². The Morgan fingerprint density at radius 2 is 2.00 bits per heavy atom. The largest absolute Gasteiger partial charge is 0.357 e. The van der Waals surface area contributed by atoms with Crippen LogP contribution in [0.1, 0.15) is 18.1 Å². The lowest BCUT2D eigenvalue weighted by atomic mass is 10.1. The van der Waals surface area contributed by atoms with E-state index in [0.717, 1.165) is 45.2 Å². The number of nitrogens with one attached hydrogen (secondary N) is 1. The highest BCUT2D eigenvalue weighted by Crippen LogP contribution is 2.10. The van der Waals surface area contributed by atoms with Crippen LogP contribution in [0.15, 0.2) is 29.3 Å². The van der Waals surface area contributed by atoms with Crippen LogP contribution in [0.4, 0.5) is 0 Å². The molecule has 0 bridgehead atoms. The monoisotopic (exact) mass is 459 g/mol. The lowest BCUT2D eigenvalue weighted by molar-refractivity contribution is 0.119. The average molecular weight is 459 g/mol. The molecule has 1 aliphatic rings. The number of benzene rings is 1. The van der Waals surface area contributed by atoms with Crippen molar-refractivity contribution in [2.45, 2.75) is 26.4 Å². The van der Waals surface area contributed by atoms with Crippen molar-refractivity contribution in [3.63, 3.8) is 0 Å². The van der Waals surface area contributed by atoms with Gasteiger partial charge < -0.3 is 15.1 Å². The fraction of sp³-hybridized carbons (Fsp3) is 0.632. The first-order chi connectivity index (χ1) is 11.5. The summed E-state index contributed by atoms with van der Waals surface area (Å²) in [5.74, 6) is 0.988. The molecule has 0 spiro atoms. The fourth-order valence-electron chi connectivity index (χ4n) is 3.08. The van der Waals surface area contributed by atoms with Crippen molar-refractivity contribution in [1.82, 2.24) is 20.0 Å². The highest BCUT2D eigenvalue weighted by Gasteiger charge is 2.22. The zero-order valence-electron chi connectivity index (χ0n) is 16.3. The Balaban J connectivity index is 0.00000312. The number of hydrogen-bond acceptors (Lipinski definition) is 3. The van der Waals surface area contributed by atoms with Crippen molar-refractivity contribution in [1.29, 1.82) is 0 Å². The molecule has 0 aliphatic carbocycles. The molecule has 1 saturated heterocycles. The maximum Gasteiger partial charge on any atom is 0.194 e. The zero-order valence-corrected chi connectivity index (χ0v) is 18.7. The van der Waals surface area contributed by atoms with E-state index in [9.17, 15) is 0 Å². The molecule has 25 heavy (non-hydrogen) atoms. The van der Waals surface area contributed by atoms with E-state index in [-0.39, 0.29) is 24.0 Å². The fourth-order valence-corrected chi connectivity index (χ4v) is 3.08. The van der Waals surface area contributed by atoms with Crippen LogP contribution in [0, 0.1) is 6.92 Å². The topological polar surface area (TPSA) is 34.1 Å². The van der Waals surface area contributed by atoms with Gasteiger partial charge in [-0.1, -0.05) is 24.3 Å². The van der Waals surface area contributed by atoms with Gasteiger partial charge in [0.25, 0.3) is 0 Å². The molecule has 0 amide bonds. The second-order valence-corrected chi connectivity index (χ2v) is 6.87. The number of halogens is 1. The standard InChI is InChI=1S/C19H33N5.HI/c1-6-20-19(21-13-18-15-22(3)11-12-23(18)4)24(5)14-17-10-8-7-9-16(17)2;/h7-10,18H,6,11-15H2,1-5H3,(H,20,21);1H. The predicted octanol–water partition coefficient (Wildman–Crippen LogP) is 2.26. The number of guanidine groups is 1. The van der Waals surface area contributed by atoms with Gasteiger partial charge in [-0.25, -0.2) is 0 Å². The number of hydrogen-bond donors (Lipinski definition) is 1. The SMILES string of the molecule is CCNC(=NCC1CN(C)CCN1C)N(C)Cc1ccccc1C.I. The van der Waals surface area contributed by atoms with Crippen molar-refractivity contribution in [3.8, 4) is 0 Å². The van der Waals surface area contributed by atoms with Crippen molar-refractivity contribution >= 4 is 29.9 Å². The normalized spacial score (nSPS) is 19.4. The van der Waals surface area contributed by atoms with Crippen molar-refractivity contribution in [2.75, 3.05) is 53.9 Å². The Hall–Kier alpha value is -0.860. The quantitative estimate of drug-likeness (QED) is 0.416. The van der Waals surface area contributed by atoms with E-state index in [4.69, 9.17) is 4.99 Å². The number of rotatable bonds is 5. The van der Waals surface area contributed by atoms with Crippen LogP contribution >= 0.6 is 24.0 Å². The van der Waals surface area contributed by atoms with E-state index in [0.29, 0.717) is 6.04 Å². The van der Waals surface area contributed by atoms with Gasteiger partial charge in [0.15, 0.2) is 5.96 Å². The molecule has 1 fully saturated rings. The minimum absolute atomic E-state index is 0. The molecule has 2 rings (SSSR count). The molecular weight excluding hydrogens is 425 g/mol. The number of likely N-dealkylation sites (N-methyl/N-ethyl adjacent to an activating group) is 2. The summed E-state index contributed by atoms with van der Waals surface area (Å²) in [5, 5.41) is 3.43. The number of nitrogens with zero attached hydrogens (tertiary/aromatic N) is 4. The molecule has 6 heteroatoms. The molecule has 142 valence electrons. The van der Waals surface area contributed by atoms with E-state index in [1.165, 1.54) is 11.1 Å². The minimum Gasteiger partial charge on any atom is -0.357 e. The summed E-state index contributed by atoms with van der Waals surface area (Å²) < 4.78 is 0. The molecule has 0 saturated carbocycles. The molecule has 0 radical (unpaired) electrons. The first-order valence-corrected chi connectivity index (χ1v) is 8.94. The van der Waals surface area contributed by atoms with Gasteiger partial charge in [0.1, 0.15) is 0 Å². The van der Waals surface area contributed by atoms with Crippen molar-refractivity contribution in [3.05, 3.63) is 35.4 Å². The summed E-state index contributed by atoms with van der Waals surface area (Å²) in [6.45, 7) is 10.2. The maximum atomic E-state index is 4.91. The van der Waals surface area contributed by atoms with E-state index in [2.05, 4.69) is 79.3 Å². The Kier molecular flexibility index (Phi) is 9.74. The van der Waals surface area contributed by atoms with Crippen LogP contribution in [0.5, 0.6) is 0 Å². The van der Waals surface area contributed by atoms with Crippen molar-refractivity contribution in [2.24, 2.45) is 4.99 Å². The van der Waals surface area contributed by atoms with Crippen LogP contribution < -0.4 is 5.32 Å². The Morgan fingerprint density at radius 3 is 2.68 bits per heavy atom. The second-order valence-electron chi connectivity index (χ2n) is 6.87. The van der Waals surface area contributed by atoms with Gasteiger partial charge in [0, 0.05) is 45.8 Å². The Morgan fingerprint density at radius 1 is 1.28 bits per heavy atom. The zero-order chi connectivity index (χ0) is 17.5. The number of aliphatic imine (C=N–C) groups is 1. The summed E-state index contributed by atoms with van der Waals surface area (Å²) in [5.41, 5.74) is 2.67. The molecule has 1 atom stereocenters. The van der Waals surface area contributed by atoms with E-state index in [1.807, 2.05) is 0 Å². The van der Waals surface area contributed by atoms with Gasteiger partial charge >= 0.3 is 0 Å². The molecule has 1 heterocycles. The molecule has 1 aliphatic heterocycles. The predicted molar refractivity (Wildman–Crippen MR) is 118 cm³/mol. The maximum absolute atomic E-state index is 4.91. The highest BCUT2D eigenvalue weighted by molar-refractivity contribution is 14.0. The van der Waals surface area contributed by atoms with Crippen LogP contribution in [-0.2, 0) is 6.54 Å². The third kappa shape index (κ3) is 6.75. The molecular formula is C19H34IN5. The third-order valence-electron chi connectivity index (χ3n) is 4.80. The van der Waals surface area contributed by atoms with E-state index < -0.39 is 0 Å². The molecule has 5 nitrogen and oxygen atoms in total. The van der Waals surface area contributed by atoms with Gasteiger partial charge in [-0.3, -0.25) is 9.89 Å². The summed E-state index contributed by atoms with van der Waals surface area (Å²) >= 11 is 0. The van der Waals surface area contributed by atoms with E-state index >= 15 is 0 Å². The smallest absolute Gasteiger partial charge is 0.194 e. The van der Waals surface area contributed by atoms with Gasteiger partial charge in [-0.2, -0.15) is 0 Å². The van der Waals surface area contributed by atoms with Gasteiger partial charge in [-0.15, -0.1) is 24.0 Å². The molecule has 1 aromatic rings. The Labute approximate surface area is 170 Å². The summed E-state index contributed by atoms with van der Waals surface area (Å²) in [4.78, 5) is 11.9. The first-order valence-electron chi connectivity index (χ1n) is 8.94. The number of aryl methyl sites for hydroxylation is 1. The minimum atomic E-state index is 0. The van der Waals surface area contributed by atoms with Crippen LogP contribution in [0.25, 0.3) is 0 Å². The van der Waals surface area contributed by atoms with E-state index in [1.54, 1.807) is 0 Å². The Bertz CT molecular complexity index is 548. The molecule has 1 unspecified atom stereocenters. The first kappa shape index (κ1) is 22.2. The summed E-state index contributed by atoms with van der Waals surface area (Å²) in [6, 6.07) is 9.05. The molecule has 1 aromatic carbocycles. The summed E-state index contributed by atoms with van der Waals surface area (Å²) in [6.07, 6.45) is 0. The molecule has 0 aromatic heterocycles. The molecule has 1 N–H and O–H groups in total. The summed E-state index contributed by atoms with van der Waals surface area (Å²) in [7, 11) is 6.51. The third-order valence-corrected chi connectivity index (χ3v) is 4.80. The van der Waals surface area contributed by atoms with Crippen LogP contribution in [0.3, 0.4) is 0 Å². The van der Waals surface area contributed by atoms with Crippen LogP contribution in [0.2, 0.25) is 0 Å². The van der Waals surface area contributed by atoms with Crippen molar-refractivity contribution < 1.29 is 0 Å². The lowest BCUT2D eigenvalue weighted by Crippen LogP contribution is -2.51.